The zero-order valence-electron chi connectivity index (χ0n) is 45.4. The van der Waals surface area contributed by atoms with Crippen molar-refractivity contribution in [3.63, 3.8) is 0 Å². The van der Waals surface area contributed by atoms with E-state index in [4.69, 9.17) is 33.4 Å². The van der Waals surface area contributed by atoms with Crippen molar-refractivity contribution in [2.24, 2.45) is 0 Å². The lowest BCUT2D eigenvalue weighted by molar-refractivity contribution is -0.197. The fourth-order valence-electron chi connectivity index (χ4n) is 7.95. The molecule has 0 spiro atoms. The van der Waals surface area contributed by atoms with Crippen LogP contribution in [0.5, 0.6) is 0 Å². The molecule has 0 heterocycles. The number of unbranched alkanes of at least 4 members (excludes halogenated alkanes) is 20. The minimum Gasteiger partial charge on any atom is -0.462 e. The van der Waals surface area contributed by atoms with Crippen LogP contribution in [0.2, 0.25) is 0 Å². The fourth-order valence-corrected chi connectivity index (χ4v) is 7.95. The van der Waals surface area contributed by atoms with E-state index in [1.54, 1.807) is 6.92 Å². The molecule has 414 valence electrons. The Balaban J connectivity index is 2.29. The summed E-state index contributed by atoms with van der Waals surface area (Å²) in [7, 11) is 0. The van der Waals surface area contributed by atoms with Crippen LogP contribution in [0.25, 0.3) is 0 Å². The molecule has 0 aromatic heterocycles. The van der Waals surface area contributed by atoms with Gasteiger partial charge in [0.05, 0.1) is 18.8 Å². The van der Waals surface area contributed by atoms with Gasteiger partial charge in [0.1, 0.15) is 32.0 Å². The Labute approximate surface area is 429 Å². The molecule has 4 N–H and O–H groups in total. The highest BCUT2D eigenvalue weighted by Gasteiger charge is 2.22. The molecule has 1 rings (SSSR count). The van der Waals surface area contributed by atoms with Crippen LogP contribution in [-0.2, 0) is 52.5 Å². The highest BCUT2D eigenvalue weighted by molar-refractivity contribution is 5.80. The molecule has 0 aromatic rings. The van der Waals surface area contributed by atoms with E-state index in [1.807, 2.05) is 13.8 Å². The zero-order chi connectivity index (χ0) is 51.9. The van der Waals surface area contributed by atoms with Crippen LogP contribution in [0.3, 0.4) is 0 Å². The van der Waals surface area contributed by atoms with Gasteiger partial charge >= 0.3 is 18.0 Å². The number of carbonyl (C=O) groups is 5. The number of carbonyl (C=O) groups excluding carboxylic acids is 5. The van der Waals surface area contributed by atoms with Crippen LogP contribution in [0.1, 0.15) is 234 Å². The van der Waals surface area contributed by atoms with Crippen molar-refractivity contribution in [3.8, 4) is 0 Å². The Morgan fingerprint density at radius 2 is 1.17 bits per heavy atom. The first-order chi connectivity index (χ1) is 34.5. The lowest BCUT2D eigenvalue weighted by Crippen LogP contribution is -2.39. The Morgan fingerprint density at radius 1 is 0.606 bits per heavy atom. The number of alkyl carbamates (subject to hydrolysis) is 1. The predicted octanol–water partition coefficient (Wildman–Crippen LogP) is 11.1. The van der Waals surface area contributed by atoms with E-state index >= 15 is 0 Å². The molecule has 1 aliphatic carbocycles. The summed E-state index contributed by atoms with van der Waals surface area (Å²) in [6.07, 6.45) is 34.7. The van der Waals surface area contributed by atoms with E-state index in [2.05, 4.69) is 47.6 Å². The third-order valence-electron chi connectivity index (χ3n) is 12.6. The maximum absolute atomic E-state index is 12.8. The van der Waals surface area contributed by atoms with Gasteiger partial charge < -0.3 is 39.6 Å². The van der Waals surface area contributed by atoms with Crippen LogP contribution in [-0.4, -0.2) is 106 Å². The summed E-state index contributed by atoms with van der Waals surface area (Å²) < 4.78 is 28.3. The fraction of sp³-hybridized carbons (Fsp3) is 0.873. The topological polar surface area (TPSA) is 198 Å². The average Bonchev–Trinajstić information content (AvgIpc) is 3.33. The molecule has 16 nitrogen and oxygen atoms in total. The summed E-state index contributed by atoms with van der Waals surface area (Å²) in [5.74, 6) is -1.27. The van der Waals surface area contributed by atoms with Crippen molar-refractivity contribution >= 4 is 29.8 Å². The summed E-state index contributed by atoms with van der Waals surface area (Å²) in [4.78, 5) is 73.2. The number of hydrogen-bond acceptors (Lipinski definition) is 13. The van der Waals surface area contributed by atoms with Gasteiger partial charge in [-0.25, -0.2) is 4.79 Å². The number of hydrogen-bond donors (Lipinski definition) is 4. The summed E-state index contributed by atoms with van der Waals surface area (Å²) in [5, 5.41) is 8.30. The van der Waals surface area contributed by atoms with Gasteiger partial charge in [0.15, 0.2) is 6.10 Å². The lowest BCUT2D eigenvalue weighted by Gasteiger charge is -2.25. The summed E-state index contributed by atoms with van der Waals surface area (Å²) >= 11 is 0. The molecule has 0 bridgehead atoms. The van der Waals surface area contributed by atoms with Crippen molar-refractivity contribution in [3.05, 3.63) is 12.2 Å². The second kappa shape index (κ2) is 46.5. The van der Waals surface area contributed by atoms with E-state index in [1.165, 1.54) is 103 Å². The van der Waals surface area contributed by atoms with Gasteiger partial charge in [0.2, 0.25) is 11.8 Å². The monoisotopic (exact) mass is 1010 g/mol. The molecule has 3 unspecified atom stereocenters. The molecule has 0 aromatic carbocycles. The zero-order valence-corrected chi connectivity index (χ0v) is 45.4. The van der Waals surface area contributed by atoms with Gasteiger partial charge in [-0.1, -0.05) is 160 Å². The molecule has 3 atom stereocenters. The molecule has 0 fully saturated rings. The molecule has 0 aliphatic heterocycles. The lowest BCUT2D eigenvalue weighted by atomic mass is 10.0. The van der Waals surface area contributed by atoms with Gasteiger partial charge in [-0.3, -0.25) is 28.9 Å². The quantitative estimate of drug-likeness (QED) is 0.0148. The molecule has 3 amide bonds. The maximum atomic E-state index is 12.8. The van der Waals surface area contributed by atoms with Crippen LogP contribution in [0.15, 0.2) is 12.2 Å². The molecule has 0 saturated carbocycles. The summed E-state index contributed by atoms with van der Waals surface area (Å²) in [6.45, 7) is 10.7. The minimum absolute atomic E-state index is 0.0664. The van der Waals surface area contributed by atoms with Crippen molar-refractivity contribution < 1.29 is 57.3 Å². The maximum Gasteiger partial charge on any atom is 0.407 e. The van der Waals surface area contributed by atoms with Crippen LogP contribution in [0, 0.1) is 0 Å². The van der Waals surface area contributed by atoms with Crippen LogP contribution in [0.4, 0.5) is 4.79 Å². The number of amides is 3. The number of rotatable bonds is 47. The highest BCUT2D eigenvalue weighted by Crippen LogP contribution is 2.18. The average molecular weight is 1010 g/mol. The molecule has 0 saturated heterocycles. The number of nitrogens with one attached hydrogen (secondary N) is 4. The summed E-state index contributed by atoms with van der Waals surface area (Å²) in [6, 6.07) is 0. The molecule has 1 aliphatic rings. The smallest absolute Gasteiger partial charge is 0.407 e. The second-order valence-corrected chi connectivity index (χ2v) is 19.8. The van der Waals surface area contributed by atoms with Crippen LogP contribution < -0.4 is 21.6 Å². The summed E-state index contributed by atoms with van der Waals surface area (Å²) in [5.41, 5.74) is 1.70. The van der Waals surface area contributed by atoms with E-state index in [0.29, 0.717) is 32.4 Å². The van der Waals surface area contributed by atoms with Gasteiger partial charge in [0.25, 0.3) is 0 Å². The van der Waals surface area contributed by atoms with E-state index in [-0.39, 0.29) is 75.9 Å². The molecule has 16 heteroatoms. The van der Waals surface area contributed by atoms with Crippen molar-refractivity contribution in [1.29, 1.82) is 0 Å². The Kier molecular flexibility index (Phi) is 43.0. The number of esters is 2. The third kappa shape index (κ3) is 42.9. The standard InChI is InChI=1S/C55H102N4O12/c1-6-8-10-12-14-16-18-20-22-27-31-36-51(61)66-44-49(70-52(62)37-32-28-23-21-19-17-15-13-11-9-7-2)45-69-59-68-43-41-57-53(63)47(3)65-42-38-55(4,5)67-46-50(60)56-39-33-40-58-54(64)71-48-34-29-25-24-26-30-35-48/h24-25,47-49,59H,6-23,26-46H2,1-5H3,(H,56,60)(H,57,63)(H,58,64)/b25-24+. The highest BCUT2D eigenvalue weighted by atomic mass is 16.9. The first kappa shape index (κ1) is 65.7. The van der Waals surface area contributed by atoms with Crippen molar-refractivity contribution in [2.75, 3.05) is 52.7 Å². The Morgan fingerprint density at radius 3 is 1.79 bits per heavy atom. The molecule has 0 radical (unpaired) electrons. The van der Waals surface area contributed by atoms with Crippen molar-refractivity contribution in [1.82, 2.24) is 21.6 Å². The third-order valence-corrected chi connectivity index (χ3v) is 12.6. The molecule has 71 heavy (non-hydrogen) atoms. The number of allylic oxidation sites excluding steroid dienone is 2. The molecular weight excluding hydrogens is 909 g/mol. The first-order valence-electron chi connectivity index (χ1n) is 28.2. The largest absolute Gasteiger partial charge is 0.462 e. The predicted molar refractivity (Wildman–Crippen MR) is 279 cm³/mol. The first-order valence-corrected chi connectivity index (χ1v) is 28.2. The minimum atomic E-state index is -0.811. The van der Waals surface area contributed by atoms with Crippen molar-refractivity contribution in [2.45, 2.75) is 258 Å². The second-order valence-electron chi connectivity index (χ2n) is 19.8. The van der Waals surface area contributed by atoms with E-state index in [0.717, 1.165) is 70.6 Å². The van der Waals surface area contributed by atoms with E-state index in [9.17, 15) is 24.0 Å². The van der Waals surface area contributed by atoms with Gasteiger partial charge in [-0.05, 0) is 78.6 Å². The van der Waals surface area contributed by atoms with Gasteiger partial charge in [-0.2, -0.15) is 0 Å². The normalized spacial score (nSPS) is 15.2. The Bertz CT molecular complexity index is 1370. The van der Waals surface area contributed by atoms with E-state index < -0.39 is 23.9 Å². The molecular formula is C55H102N4O12. The van der Waals surface area contributed by atoms with Crippen LogP contribution >= 0.6 is 0 Å². The number of ether oxygens (including phenoxy) is 5. The van der Waals surface area contributed by atoms with Gasteiger partial charge in [-0.15, -0.1) is 0 Å². The van der Waals surface area contributed by atoms with Gasteiger partial charge in [0, 0.05) is 32.5 Å². The Hall–Kier alpha value is -3.31. The SMILES string of the molecule is CCCCCCCCCCCCCC(=O)OCC(CONOCCNC(=O)C(C)OCCC(C)(C)OCC(=O)NCCCNC(=O)OC1CC/C=C/CCC1)OC(=O)CCCCCCCCCCCCC.